The zero-order chi connectivity index (χ0) is 26.9. The van der Waals surface area contributed by atoms with Crippen LogP contribution in [0.1, 0.15) is 31.8 Å². The van der Waals surface area contributed by atoms with Gasteiger partial charge in [-0.25, -0.2) is 0 Å². The van der Waals surface area contributed by atoms with Crippen molar-refractivity contribution in [2.75, 3.05) is 5.32 Å². The SMILES string of the molecule is O=C(Nc1ccc(C(=O)/C=C/c2ccccc2Cl)cc1)/C(=C/c1ccccc1Cl)NC(=O)c1ccccc1. The van der Waals surface area contributed by atoms with Crippen LogP contribution in [0.4, 0.5) is 5.69 Å². The Labute approximate surface area is 230 Å². The molecule has 5 nitrogen and oxygen atoms in total. The summed E-state index contributed by atoms with van der Waals surface area (Å²) >= 11 is 12.4. The van der Waals surface area contributed by atoms with Crippen LogP contribution in [0.15, 0.2) is 115 Å². The first-order valence-electron chi connectivity index (χ1n) is 11.6. The fourth-order valence-corrected chi connectivity index (χ4v) is 3.87. The fraction of sp³-hybridized carbons (Fsp3) is 0. The van der Waals surface area contributed by atoms with Crippen LogP contribution >= 0.6 is 23.2 Å². The largest absolute Gasteiger partial charge is 0.321 e. The minimum absolute atomic E-state index is 0.00905. The maximum atomic E-state index is 13.2. The first kappa shape index (κ1) is 26.6. The molecular weight excluding hydrogens is 519 g/mol. The number of anilines is 1. The van der Waals surface area contributed by atoms with Crippen LogP contribution < -0.4 is 10.6 Å². The van der Waals surface area contributed by atoms with Crippen LogP contribution in [0.25, 0.3) is 12.2 Å². The molecule has 0 bridgehead atoms. The van der Waals surface area contributed by atoms with Gasteiger partial charge < -0.3 is 10.6 Å². The molecule has 0 saturated heterocycles. The van der Waals surface area contributed by atoms with Crippen molar-refractivity contribution in [3.63, 3.8) is 0 Å². The molecule has 4 aromatic carbocycles. The summed E-state index contributed by atoms with van der Waals surface area (Å²) in [6.45, 7) is 0. The molecule has 0 aromatic heterocycles. The molecule has 0 saturated carbocycles. The van der Waals surface area contributed by atoms with Crippen LogP contribution in [-0.4, -0.2) is 17.6 Å². The molecule has 0 spiro atoms. The highest BCUT2D eigenvalue weighted by atomic mass is 35.5. The molecule has 0 atom stereocenters. The van der Waals surface area contributed by atoms with Crippen molar-refractivity contribution in [3.8, 4) is 0 Å². The van der Waals surface area contributed by atoms with E-state index in [0.29, 0.717) is 32.4 Å². The molecule has 4 rings (SSSR count). The molecule has 7 heteroatoms. The lowest BCUT2D eigenvalue weighted by Crippen LogP contribution is -2.30. The number of amides is 2. The second kappa shape index (κ2) is 12.7. The molecule has 2 amide bonds. The van der Waals surface area contributed by atoms with Crippen molar-refractivity contribution in [2.24, 2.45) is 0 Å². The van der Waals surface area contributed by atoms with Gasteiger partial charge in [0.1, 0.15) is 5.70 Å². The summed E-state index contributed by atoms with van der Waals surface area (Å²) in [5.41, 5.74) is 2.60. The number of hydrogen-bond acceptors (Lipinski definition) is 3. The highest BCUT2D eigenvalue weighted by molar-refractivity contribution is 6.32. The molecular formula is C31H22Cl2N2O3. The molecule has 188 valence electrons. The molecule has 4 aromatic rings. The van der Waals surface area contributed by atoms with E-state index in [2.05, 4.69) is 10.6 Å². The number of carbonyl (C=O) groups excluding carboxylic acids is 3. The van der Waals surface area contributed by atoms with E-state index in [-0.39, 0.29) is 11.5 Å². The molecule has 0 unspecified atom stereocenters. The Morgan fingerprint density at radius 2 is 1.21 bits per heavy atom. The van der Waals surface area contributed by atoms with Gasteiger partial charge in [-0.1, -0.05) is 77.8 Å². The Kier molecular flexibility index (Phi) is 8.88. The summed E-state index contributed by atoms with van der Waals surface area (Å²) in [5.74, 6) is -1.20. The summed E-state index contributed by atoms with van der Waals surface area (Å²) in [6.07, 6.45) is 4.61. The van der Waals surface area contributed by atoms with Crippen molar-refractivity contribution >= 4 is 58.6 Å². The first-order valence-corrected chi connectivity index (χ1v) is 12.4. The van der Waals surface area contributed by atoms with Gasteiger partial charge in [-0.3, -0.25) is 14.4 Å². The molecule has 2 N–H and O–H groups in total. The van der Waals surface area contributed by atoms with Crippen molar-refractivity contribution in [1.82, 2.24) is 5.32 Å². The lowest BCUT2D eigenvalue weighted by molar-refractivity contribution is -0.113. The van der Waals surface area contributed by atoms with E-state index >= 15 is 0 Å². The van der Waals surface area contributed by atoms with Crippen molar-refractivity contribution in [2.45, 2.75) is 0 Å². The van der Waals surface area contributed by atoms with E-state index in [4.69, 9.17) is 23.2 Å². The monoisotopic (exact) mass is 540 g/mol. The molecule has 0 radical (unpaired) electrons. The van der Waals surface area contributed by atoms with Gasteiger partial charge in [-0.05, 0) is 77.9 Å². The number of rotatable bonds is 8. The first-order chi connectivity index (χ1) is 18.4. The minimum Gasteiger partial charge on any atom is -0.321 e. The molecule has 0 aliphatic heterocycles. The topological polar surface area (TPSA) is 75.3 Å². The number of hydrogen-bond donors (Lipinski definition) is 2. The van der Waals surface area contributed by atoms with Crippen molar-refractivity contribution in [1.29, 1.82) is 0 Å². The van der Waals surface area contributed by atoms with Crippen LogP contribution in [-0.2, 0) is 4.79 Å². The van der Waals surface area contributed by atoms with E-state index in [1.807, 2.05) is 18.2 Å². The Hall–Kier alpha value is -4.45. The highest BCUT2D eigenvalue weighted by Crippen LogP contribution is 2.20. The second-order valence-electron chi connectivity index (χ2n) is 8.15. The number of allylic oxidation sites excluding steroid dienone is 1. The van der Waals surface area contributed by atoms with Crippen LogP contribution in [0, 0.1) is 0 Å². The van der Waals surface area contributed by atoms with Gasteiger partial charge in [0, 0.05) is 26.9 Å². The quantitative estimate of drug-likeness (QED) is 0.182. The second-order valence-corrected chi connectivity index (χ2v) is 8.96. The minimum atomic E-state index is -0.549. The Morgan fingerprint density at radius 3 is 1.84 bits per heavy atom. The van der Waals surface area contributed by atoms with Crippen molar-refractivity contribution < 1.29 is 14.4 Å². The average Bonchev–Trinajstić information content (AvgIpc) is 2.94. The van der Waals surface area contributed by atoms with E-state index in [0.717, 1.165) is 5.56 Å². The van der Waals surface area contributed by atoms with Crippen LogP contribution in [0.5, 0.6) is 0 Å². The molecule has 38 heavy (non-hydrogen) atoms. The predicted molar refractivity (Wildman–Crippen MR) is 153 cm³/mol. The van der Waals surface area contributed by atoms with Gasteiger partial charge in [-0.2, -0.15) is 0 Å². The number of benzene rings is 4. The Morgan fingerprint density at radius 1 is 0.632 bits per heavy atom. The number of halogens is 2. The summed E-state index contributed by atoms with van der Waals surface area (Å²) in [7, 11) is 0. The zero-order valence-electron chi connectivity index (χ0n) is 20.0. The maximum absolute atomic E-state index is 13.2. The third-order valence-corrected chi connectivity index (χ3v) is 6.17. The van der Waals surface area contributed by atoms with Crippen LogP contribution in [0.2, 0.25) is 10.0 Å². The van der Waals surface area contributed by atoms with Crippen molar-refractivity contribution in [3.05, 3.63) is 147 Å². The highest BCUT2D eigenvalue weighted by Gasteiger charge is 2.16. The van der Waals surface area contributed by atoms with E-state index in [9.17, 15) is 14.4 Å². The van der Waals surface area contributed by atoms with Gasteiger partial charge in [-0.15, -0.1) is 0 Å². The Balaban J connectivity index is 1.51. The predicted octanol–water partition coefficient (Wildman–Crippen LogP) is 7.30. The van der Waals surface area contributed by atoms with Gasteiger partial charge in [0.2, 0.25) is 0 Å². The molecule has 0 aliphatic rings. The summed E-state index contributed by atoms with van der Waals surface area (Å²) < 4.78 is 0. The standard InChI is InChI=1S/C31H22Cl2N2O3/c32-26-12-6-4-8-21(26)16-19-29(36)22-14-17-25(18-15-22)34-31(38)28(20-24-11-5-7-13-27(24)33)35-30(37)23-9-2-1-3-10-23/h1-20H,(H,34,38)(H,35,37)/b19-16+,28-20-. The average molecular weight is 541 g/mol. The van der Waals surface area contributed by atoms with Crippen LogP contribution in [0.3, 0.4) is 0 Å². The number of ketones is 1. The molecule has 0 heterocycles. The zero-order valence-corrected chi connectivity index (χ0v) is 21.5. The third-order valence-electron chi connectivity index (χ3n) is 5.48. The van der Waals surface area contributed by atoms with Gasteiger partial charge in [0.15, 0.2) is 5.78 Å². The lowest BCUT2D eigenvalue weighted by Gasteiger charge is -2.12. The van der Waals surface area contributed by atoms with E-state index in [1.165, 1.54) is 12.2 Å². The fourth-order valence-electron chi connectivity index (χ4n) is 3.48. The van der Waals surface area contributed by atoms with Gasteiger partial charge in [0.25, 0.3) is 11.8 Å². The molecule has 0 aliphatic carbocycles. The van der Waals surface area contributed by atoms with Gasteiger partial charge >= 0.3 is 0 Å². The summed E-state index contributed by atoms with van der Waals surface area (Å²) in [6, 6.07) is 29.2. The Bertz CT molecular complexity index is 1530. The normalized spacial score (nSPS) is 11.3. The summed E-state index contributed by atoms with van der Waals surface area (Å²) in [5, 5.41) is 6.41. The smallest absolute Gasteiger partial charge is 0.272 e. The summed E-state index contributed by atoms with van der Waals surface area (Å²) in [4.78, 5) is 38.5. The number of nitrogens with one attached hydrogen (secondary N) is 2. The lowest BCUT2D eigenvalue weighted by atomic mass is 10.1. The number of carbonyl (C=O) groups is 3. The van der Waals surface area contributed by atoms with E-state index < -0.39 is 11.8 Å². The molecule has 0 fully saturated rings. The maximum Gasteiger partial charge on any atom is 0.272 e. The van der Waals surface area contributed by atoms with E-state index in [1.54, 1.807) is 91.0 Å². The third kappa shape index (κ3) is 7.07. The van der Waals surface area contributed by atoms with Gasteiger partial charge in [0.05, 0.1) is 0 Å².